The van der Waals surface area contributed by atoms with Gasteiger partial charge < -0.3 is 4.98 Å². The minimum absolute atomic E-state index is 0.445. The fourth-order valence-corrected chi connectivity index (χ4v) is 2.19. The van der Waals surface area contributed by atoms with E-state index in [1.54, 1.807) is 18.0 Å². The summed E-state index contributed by atoms with van der Waals surface area (Å²) in [6, 6.07) is 0. The lowest BCUT2D eigenvalue weighted by molar-refractivity contribution is 1.34. The molecular weight excluding hydrogens is 186 g/mol. The van der Waals surface area contributed by atoms with Crippen molar-refractivity contribution in [2.75, 3.05) is 5.14 Å². The predicted octanol–water partition coefficient (Wildman–Crippen LogP) is 0.969. The van der Waals surface area contributed by atoms with Crippen molar-refractivity contribution >= 4 is 32.0 Å². The number of aromatic amines is 1. The molecule has 0 amide bonds. The highest BCUT2D eigenvalue weighted by molar-refractivity contribution is 7.35. The summed E-state index contributed by atoms with van der Waals surface area (Å²) in [7, 11) is -0.445. The minimum atomic E-state index is -0.445. The van der Waals surface area contributed by atoms with E-state index >= 15 is 0 Å². The SMILES string of the molecule is N[s+]1cnc2c3nc[nH]c3cnc21. The van der Waals surface area contributed by atoms with E-state index < -0.39 is 10.7 Å². The number of nitrogens with one attached hydrogen (secondary N) is 1. The largest absolute Gasteiger partial charge is 0.343 e. The van der Waals surface area contributed by atoms with Crippen molar-refractivity contribution in [3.05, 3.63) is 18.0 Å². The van der Waals surface area contributed by atoms with Gasteiger partial charge in [0.2, 0.25) is 0 Å². The van der Waals surface area contributed by atoms with Crippen LogP contribution in [0.2, 0.25) is 0 Å². The molecule has 3 aromatic rings. The molecule has 3 heterocycles. The van der Waals surface area contributed by atoms with Crippen LogP contribution in [0, 0.1) is 0 Å². The highest BCUT2D eigenvalue weighted by Crippen LogP contribution is 2.25. The van der Waals surface area contributed by atoms with Crippen molar-refractivity contribution in [2.45, 2.75) is 0 Å². The number of fused-ring (bicyclic) bond motifs is 3. The van der Waals surface area contributed by atoms with Crippen molar-refractivity contribution in [1.82, 2.24) is 19.9 Å². The summed E-state index contributed by atoms with van der Waals surface area (Å²) in [6.45, 7) is 0. The third-order valence-corrected chi connectivity index (χ3v) is 3.00. The first kappa shape index (κ1) is 6.93. The van der Waals surface area contributed by atoms with Gasteiger partial charge in [-0.25, -0.2) is 9.97 Å². The number of nitrogens with two attached hydrogens (primary N) is 1. The van der Waals surface area contributed by atoms with Gasteiger partial charge in [0.15, 0.2) is 5.52 Å². The van der Waals surface area contributed by atoms with E-state index in [-0.39, 0.29) is 0 Å². The number of hydrogen-bond acceptors (Lipinski definition) is 4. The van der Waals surface area contributed by atoms with Crippen LogP contribution in [-0.4, -0.2) is 19.9 Å². The van der Waals surface area contributed by atoms with Gasteiger partial charge in [-0.05, 0) is 0 Å². The molecule has 3 rings (SSSR count). The van der Waals surface area contributed by atoms with Crippen molar-refractivity contribution < 1.29 is 0 Å². The Morgan fingerprint density at radius 3 is 3.08 bits per heavy atom. The number of hydrogen-bond donors (Lipinski definition) is 2. The molecule has 64 valence electrons. The van der Waals surface area contributed by atoms with Gasteiger partial charge in [-0.1, -0.05) is 0 Å². The van der Waals surface area contributed by atoms with E-state index in [1.165, 1.54) is 0 Å². The molecular formula is C7H6N5S+. The molecule has 1 unspecified atom stereocenters. The number of aromatic nitrogens is 4. The van der Waals surface area contributed by atoms with Crippen molar-refractivity contribution in [3.63, 3.8) is 0 Å². The third-order valence-electron chi connectivity index (χ3n) is 1.93. The Morgan fingerprint density at radius 2 is 2.15 bits per heavy atom. The predicted molar refractivity (Wildman–Crippen MR) is 51.8 cm³/mol. The van der Waals surface area contributed by atoms with Crippen molar-refractivity contribution in [2.24, 2.45) is 0 Å². The average Bonchev–Trinajstić information content (AvgIpc) is 2.70. The Hall–Kier alpha value is -1.53. The van der Waals surface area contributed by atoms with Crippen LogP contribution < -0.4 is 5.14 Å². The Bertz CT molecular complexity index is 581. The molecule has 1 atom stereocenters. The number of thiazole rings is 1. The first-order valence-electron chi connectivity index (χ1n) is 3.70. The number of nitrogen functional groups attached to an aromatic ring is 1. The molecule has 5 nitrogen and oxygen atoms in total. The normalized spacial score (nSPS) is 12.8. The molecule has 0 aliphatic carbocycles. The molecule has 13 heavy (non-hydrogen) atoms. The number of pyridine rings is 1. The standard InChI is InChI=1S/C7H6N5S/c8-13-3-12-6-5-4(10-2-11-5)1-9-7(6)13/h1-3H,8H2,(H,10,11)/q+1. The molecule has 0 aromatic carbocycles. The topological polar surface area (TPSA) is 80.5 Å². The zero-order chi connectivity index (χ0) is 8.84. The molecule has 0 saturated carbocycles. The van der Waals surface area contributed by atoms with Gasteiger partial charge in [-0.3, -0.25) is 0 Å². The summed E-state index contributed by atoms with van der Waals surface area (Å²) in [5.74, 6) is 0. The fraction of sp³-hybridized carbons (Fsp3) is 0. The van der Waals surface area contributed by atoms with Crippen LogP contribution in [0.5, 0.6) is 0 Å². The van der Waals surface area contributed by atoms with Crippen LogP contribution in [0.4, 0.5) is 0 Å². The molecule has 0 aliphatic heterocycles. The van der Waals surface area contributed by atoms with Gasteiger partial charge in [0.05, 0.1) is 18.0 Å². The second-order valence-electron chi connectivity index (χ2n) is 2.68. The lowest BCUT2D eigenvalue weighted by atomic mass is 10.4. The molecule has 0 radical (unpaired) electrons. The summed E-state index contributed by atoms with van der Waals surface area (Å²) >= 11 is 0. The van der Waals surface area contributed by atoms with Gasteiger partial charge in [0.25, 0.3) is 5.51 Å². The first-order valence-corrected chi connectivity index (χ1v) is 5.05. The Balaban J connectivity index is 2.66. The van der Waals surface area contributed by atoms with Crippen LogP contribution in [0.25, 0.3) is 21.4 Å². The summed E-state index contributed by atoms with van der Waals surface area (Å²) < 4.78 is 0. The quantitative estimate of drug-likeness (QED) is 0.520. The zero-order valence-corrected chi connectivity index (χ0v) is 7.38. The van der Waals surface area contributed by atoms with E-state index in [0.29, 0.717) is 0 Å². The highest BCUT2D eigenvalue weighted by Gasteiger charge is 2.15. The van der Waals surface area contributed by atoms with Crippen LogP contribution >= 0.6 is 10.7 Å². The second kappa shape index (κ2) is 2.24. The summed E-state index contributed by atoms with van der Waals surface area (Å²) in [6.07, 6.45) is 3.37. The van der Waals surface area contributed by atoms with Gasteiger partial charge in [0, 0.05) is 0 Å². The number of imidazole rings is 1. The second-order valence-corrected chi connectivity index (χ2v) is 4.02. The number of H-pyrrole nitrogens is 1. The molecule has 3 N–H and O–H groups in total. The molecule has 3 aromatic heterocycles. The fourth-order valence-electron chi connectivity index (χ4n) is 1.33. The maximum Gasteiger partial charge on any atom is 0.317 e. The van der Waals surface area contributed by atoms with Gasteiger partial charge in [-0.15, -0.1) is 5.14 Å². The smallest absolute Gasteiger partial charge is 0.317 e. The molecule has 6 heteroatoms. The van der Waals surface area contributed by atoms with E-state index in [1.807, 2.05) is 0 Å². The van der Waals surface area contributed by atoms with E-state index in [4.69, 9.17) is 5.14 Å². The van der Waals surface area contributed by atoms with E-state index in [2.05, 4.69) is 19.9 Å². The lowest BCUT2D eigenvalue weighted by Gasteiger charge is -1.84. The Labute approximate surface area is 75.7 Å². The van der Waals surface area contributed by atoms with Crippen LogP contribution in [-0.2, 0) is 0 Å². The average molecular weight is 192 g/mol. The third kappa shape index (κ3) is 0.809. The molecule has 0 fully saturated rings. The maximum atomic E-state index is 5.78. The molecule has 0 bridgehead atoms. The zero-order valence-electron chi connectivity index (χ0n) is 6.56. The Morgan fingerprint density at radius 1 is 1.23 bits per heavy atom. The highest BCUT2D eigenvalue weighted by atomic mass is 32.2. The minimum Gasteiger partial charge on any atom is -0.343 e. The van der Waals surface area contributed by atoms with Gasteiger partial charge in [0.1, 0.15) is 16.2 Å². The first-order chi connectivity index (χ1) is 6.36. The lowest BCUT2D eigenvalue weighted by Crippen LogP contribution is -1.81. The molecule has 0 saturated heterocycles. The summed E-state index contributed by atoms with van der Waals surface area (Å²) in [5.41, 5.74) is 4.27. The van der Waals surface area contributed by atoms with E-state index in [0.717, 1.165) is 21.4 Å². The van der Waals surface area contributed by atoms with Gasteiger partial charge >= 0.3 is 4.83 Å². The molecule has 0 spiro atoms. The van der Waals surface area contributed by atoms with Crippen LogP contribution in [0.1, 0.15) is 0 Å². The summed E-state index contributed by atoms with van der Waals surface area (Å²) in [5, 5.41) is 5.78. The summed E-state index contributed by atoms with van der Waals surface area (Å²) in [4.78, 5) is 16.4. The van der Waals surface area contributed by atoms with Crippen molar-refractivity contribution in [1.29, 1.82) is 0 Å². The van der Waals surface area contributed by atoms with Crippen molar-refractivity contribution in [3.8, 4) is 0 Å². The Kier molecular flexibility index (Phi) is 1.19. The van der Waals surface area contributed by atoms with Gasteiger partial charge in [-0.2, -0.15) is 4.98 Å². The maximum absolute atomic E-state index is 5.78. The monoisotopic (exact) mass is 192 g/mol. The molecule has 0 aliphatic rings. The number of nitrogens with zero attached hydrogens (tertiary/aromatic N) is 3. The van der Waals surface area contributed by atoms with Crippen LogP contribution in [0.15, 0.2) is 18.0 Å². The number of rotatable bonds is 0. The van der Waals surface area contributed by atoms with Crippen LogP contribution in [0.3, 0.4) is 0 Å². The van der Waals surface area contributed by atoms with E-state index in [9.17, 15) is 0 Å².